The normalized spacial score (nSPS) is 26.3. The summed E-state index contributed by atoms with van der Waals surface area (Å²) in [5, 5.41) is 20.5. The molecule has 256 valence electrons. The van der Waals surface area contributed by atoms with Gasteiger partial charge in [0.2, 0.25) is 0 Å². The highest BCUT2D eigenvalue weighted by atomic mass is 32.2. The number of carbonyl (C=O) groups is 3. The molecular weight excluding hydrogens is 707 g/mol. The molecule has 0 radical (unpaired) electrons. The summed E-state index contributed by atoms with van der Waals surface area (Å²) in [4.78, 5) is 54.1. The van der Waals surface area contributed by atoms with E-state index in [4.69, 9.17) is 33.5 Å². The summed E-state index contributed by atoms with van der Waals surface area (Å²) in [6, 6.07) is 8.34. The number of aliphatic carboxylic acids is 1. The van der Waals surface area contributed by atoms with Crippen LogP contribution in [-0.4, -0.2) is 121 Å². The number of carboxylic acids is 1. The van der Waals surface area contributed by atoms with Crippen molar-refractivity contribution in [3.63, 3.8) is 0 Å². The van der Waals surface area contributed by atoms with Gasteiger partial charge < -0.3 is 40.6 Å². The number of oxime groups is 1. The van der Waals surface area contributed by atoms with Gasteiger partial charge in [-0.25, -0.2) is 14.8 Å². The maximum atomic E-state index is 13.6. The number of benzene rings is 1. The van der Waals surface area contributed by atoms with Crippen molar-refractivity contribution in [3.05, 3.63) is 57.0 Å². The fourth-order valence-electron chi connectivity index (χ4n) is 7.11. The molecule has 0 spiro atoms. The van der Waals surface area contributed by atoms with Crippen LogP contribution in [0, 0.1) is 0 Å². The van der Waals surface area contributed by atoms with Crippen LogP contribution >= 0.6 is 46.7 Å². The zero-order valence-electron chi connectivity index (χ0n) is 26.5. The number of nitrogen functional groups attached to an aromatic ring is 1. The van der Waals surface area contributed by atoms with Crippen LogP contribution < -0.4 is 16.8 Å². The molecule has 2 amide bonds. The van der Waals surface area contributed by atoms with Crippen molar-refractivity contribution in [1.82, 2.24) is 20.2 Å². The number of hydrogen-bond acceptors (Lipinski definition) is 12. The Morgan fingerprint density at radius 1 is 1.08 bits per heavy atom. The molecule has 0 aliphatic carbocycles. The standard InChI is InChI=1S/C31H33N9O5S4/c1-45-37-25(20-16-48-31(33)35-20)27(42)36-29-24(26(30(43)44)38-22(46)12-23(38)49-29)28-34-19(15-47-28)18-4-2-17(3-5-18)13-39-6-9-40(10-7-39,11-8-39)14-21(32)41/h2-5,15-16,23,29H,6-14H2,1H3,(H4-2,32,33,35,36,41,42,43,44)/p+2/t23-,29?,39?,40?/m0/s1. The summed E-state index contributed by atoms with van der Waals surface area (Å²) in [6.07, 6.45) is 0.515. The van der Waals surface area contributed by atoms with Gasteiger partial charge in [-0.2, -0.15) is 0 Å². The lowest BCUT2D eigenvalue weighted by Gasteiger charge is -2.55. The number of hydrogen-bond donors (Lipinski definition) is 4. The second-order valence-electron chi connectivity index (χ2n) is 12.7. The van der Waals surface area contributed by atoms with Crippen molar-refractivity contribution in [2.45, 2.75) is 23.7 Å². The first-order chi connectivity index (χ1) is 23.5. The number of primary amides is 1. The Kier molecular flexibility index (Phi) is 8.95. The van der Waals surface area contributed by atoms with Gasteiger partial charge in [-0.05, 0) is 0 Å². The monoisotopic (exact) mass is 741 g/mol. The van der Waals surface area contributed by atoms with Gasteiger partial charge in [-0.1, -0.05) is 41.6 Å². The third-order valence-electron chi connectivity index (χ3n) is 9.72. The number of aromatic nitrogens is 2. The van der Waals surface area contributed by atoms with Gasteiger partial charge in [0.1, 0.15) is 74.7 Å². The molecule has 49 heavy (non-hydrogen) atoms. The Balaban J connectivity index is 1.13. The van der Waals surface area contributed by atoms with Crippen molar-refractivity contribution in [2.24, 2.45) is 10.9 Å². The first-order valence-electron chi connectivity index (χ1n) is 15.6. The van der Waals surface area contributed by atoms with Crippen LogP contribution in [0.25, 0.3) is 16.8 Å². The van der Waals surface area contributed by atoms with Crippen molar-refractivity contribution in [1.29, 1.82) is 0 Å². The summed E-state index contributed by atoms with van der Waals surface area (Å²) < 4.78 is 1.83. The van der Waals surface area contributed by atoms with Crippen molar-refractivity contribution in [2.75, 3.05) is 58.7 Å². The zero-order valence-corrected chi connectivity index (χ0v) is 29.8. The van der Waals surface area contributed by atoms with Gasteiger partial charge in [0.15, 0.2) is 17.4 Å². The number of fused-ring (bicyclic) bond motifs is 4. The minimum absolute atomic E-state index is 0.000130. The van der Waals surface area contributed by atoms with Crippen molar-refractivity contribution < 1.29 is 33.3 Å². The smallest absolute Gasteiger partial charge is 0.353 e. The number of amides is 2. The topological polar surface area (TPSA) is 186 Å². The van der Waals surface area contributed by atoms with Crippen LogP contribution in [0.1, 0.15) is 22.7 Å². The molecule has 14 nitrogen and oxygen atoms in total. The summed E-state index contributed by atoms with van der Waals surface area (Å²) in [6.45, 7) is 7.35. The molecule has 5 aliphatic rings. The number of carbonyl (C=O) groups excluding carboxylic acids is 2. The SMILES string of the molecule is CON=C(C(=O)NC1S[C@H]2CC(=S)N2C(C(=O)O)=C1c1nc(-c2ccc(C[N+]34CC[N+](CC(N)=O)(CC3)CC4)cc2)cs1)c1csc(N)n1. The third kappa shape index (κ3) is 6.43. The van der Waals surface area contributed by atoms with Gasteiger partial charge in [0.05, 0.1) is 21.6 Å². The number of nitrogens with zero attached hydrogens (tertiary/aromatic N) is 6. The Morgan fingerprint density at radius 2 is 1.78 bits per heavy atom. The first-order valence-corrected chi connectivity index (χ1v) is 18.7. The predicted octanol–water partition coefficient (Wildman–Crippen LogP) is 1.89. The van der Waals surface area contributed by atoms with E-state index in [9.17, 15) is 19.5 Å². The number of thiazole rings is 2. The molecule has 8 rings (SSSR count). The van der Waals surface area contributed by atoms with E-state index in [2.05, 4.69) is 27.6 Å². The number of rotatable bonds is 11. The maximum Gasteiger partial charge on any atom is 0.353 e. The van der Waals surface area contributed by atoms with E-state index in [0.717, 1.165) is 71.7 Å². The zero-order chi connectivity index (χ0) is 34.5. The average Bonchev–Trinajstić information content (AvgIpc) is 3.73. The number of piperazine rings is 3. The van der Waals surface area contributed by atoms with Gasteiger partial charge in [-0.3, -0.25) is 9.59 Å². The molecule has 7 heterocycles. The molecule has 2 atom stereocenters. The fraction of sp³-hybridized carbons (Fsp3) is 0.387. The molecule has 4 saturated heterocycles. The van der Waals surface area contributed by atoms with Crippen LogP contribution in [0.5, 0.6) is 0 Å². The summed E-state index contributed by atoms with van der Waals surface area (Å²) in [5.41, 5.74) is 14.7. The second-order valence-corrected chi connectivity index (χ2v) is 16.2. The molecule has 2 aromatic heterocycles. The molecule has 18 heteroatoms. The highest BCUT2D eigenvalue weighted by molar-refractivity contribution is 8.01. The van der Waals surface area contributed by atoms with Crippen LogP contribution in [0.2, 0.25) is 0 Å². The Labute approximate surface area is 299 Å². The van der Waals surface area contributed by atoms with Crippen LogP contribution in [-0.2, 0) is 25.8 Å². The first kappa shape index (κ1) is 33.6. The summed E-state index contributed by atoms with van der Waals surface area (Å²) in [5.74, 6) is -1.98. The molecule has 6 N–H and O–H groups in total. The van der Waals surface area contributed by atoms with Crippen LogP contribution in [0.4, 0.5) is 5.13 Å². The molecule has 5 aliphatic heterocycles. The Hall–Kier alpha value is -3.94. The molecule has 4 fully saturated rings. The van der Waals surface area contributed by atoms with Crippen molar-refractivity contribution in [3.8, 4) is 11.3 Å². The fourth-order valence-corrected chi connectivity index (χ4v) is 10.6. The highest BCUT2D eigenvalue weighted by Crippen LogP contribution is 2.48. The number of carboxylic acid groups (broad SMARTS) is 1. The average molecular weight is 742 g/mol. The molecular formula is C31H35N9O5S4+2. The number of thioether (sulfide) groups is 1. The number of thiocarbonyl (C=S) groups is 1. The second kappa shape index (κ2) is 13.1. The van der Waals surface area contributed by atoms with Crippen LogP contribution in [0.15, 0.2) is 45.9 Å². The largest absolute Gasteiger partial charge is 0.477 e. The lowest BCUT2D eigenvalue weighted by molar-refractivity contribution is -1.08. The molecule has 3 aromatic rings. The number of quaternary nitrogens is 2. The molecule has 0 saturated carbocycles. The van der Waals surface area contributed by atoms with Crippen molar-refractivity contribution >= 4 is 85.8 Å². The third-order valence-corrected chi connectivity index (χ3v) is 13.0. The maximum absolute atomic E-state index is 13.6. The minimum atomic E-state index is -1.16. The van der Waals surface area contributed by atoms with E-state index in [1.54, 1.807) is 10.3 Å². The van der Waals surface area contributed by atoms with Gasteiger partial charge in [0, 0.05) is 28.3 Å². The van der Waals surface area contributed by atoms with Gasteiger partial charge >= 0.3 is 5.97 Å². The minimum Gasteiger partial charge on any atom is -0.477 e. The van der Waals surface area contributed by atoms with E-state index in [1.807, 2.05) is 17.5 Å². The van der Waals surface area contributed by atoms with E-state index in [-0.39, 0.29) is 33.5 Å². The quantitative estimate of drug-likeness (QED) is 0.0974. The summed E-state index contributed by atoms with van der Waals surface area (Å²) in [7, 11) is 1.32. The van der Waals surface area contributed by atoms with E-state index in [1.165, 1.54) is 35.8 Å². The number of anilines is 1. The van der Waals surface area contributed by atoms with Crippen LogP contribution in [0.3, 0.4) is 0 Å². The van der Waals surface area contributed by atoms with Gasteiger partial charge in [-0.15, -0.1) is 34.4 Å². The molecule has 1 aromatic carbocycles. The Morgan fingerprint density at radius 3 is 2.37 bits per heavy atom. The molecule has 2 bridgehead atoms. The molecule has 1 unspecified atom stereocenters. The van der Waals surface area contributed by atoms with Gasteiger partial charge in [0.25, 0.3) is 11.8 Å². The lowest BCUT2D eigenvalue weighted by Crippen LogP contribution is -2.75. The Bertz CT molecular complexity index is 1880. The lowest BCUT2D eigenvalue weighted by atomic mass is 10.0. The summed E-state index contributed by atoms with van der Waals surface area (Å²) >= 11 is 9.34. The number of nitrogens with two attached hydrogens (primary N) is 2. The van der Waals surface area contributed by atoms with E-state index < -0.39 is 17.3 Å². The highest BCUT2D eigenvalue weighted by Gasteiger charge is 2.50. The number of nitrogens with one attached hydrogen (secondary N) is 1. The van der Waals surface area contributed by atoms with E-state index in [0.29, 0.717) is 34.2 Å². The van der Waals surface area contributed by atoms with E-state index >= 15 is 0 Å². The predicted molar refractivity (Wildman–Crippen MR) is 192 cm³/mol.